The van der Waals surface area contributed by atoms with Gasteiger partial charge in [0.2, 0.25) is 0 Å². The molecule has 3 N–H and O–H groups in total. The number of hydrogen-bond donors (Lipinski definition) is 3. The normalized spacial score (nSPS) is 23.6. The molecule has 49 heavy (non-hydrogen) atoms. The maximum atomic E-state index is 17.0. The Morgan fingerprint density at radius 3 is 2.90 bits per heavy atom. The molecular weight excluding hydrogens is 685 g/mol. The van der Waals surface area contributed by atoms with Crippen molar-refractivity contribution in [1.29, 1.82) is 5.26 Å². The van der Waals surface area contributed by atoms with Gasteiger partial charge in [-0.1, -0.05) is 17.7 Å². The van der Waals surface area contributed by atoms with Gasteiger partial charge in [0.05, 0.1) is 46.9 Å². The maximum absolute atomic E-state index is 17.0. The topological polar surface area (TPSA) is 144 Å². The number of aromatic nitrogens is 2. The van der Waals surface area contributed by atoms with Gasteiger partial charge in [-0.15, -0.1) is 11.3 Å². The first kappa shape index (κ1) is 33.3. The summed E-state index contributed by atoms with van der Waals surface area (Å²) >= 11 is 7.51. The average molecular weight is 715 g/mol. The van der Waals surface area contributed by atoms with Gasteiger partial charge in [0.1, 0.15) is 40.4 Å². The Balaban J connectivity index is 1.41. The van der Waals surface area contributed by atoms with E-state index >= 15 is 8.78 Å². The van der Waals surface area contributed by atoms with Crippen molar-refractivity contribution in [3.63, 3.8) is 0 Å². The number of hydrogen-bond acceptors (Lipinski definition) is 10. The Labute approximate surface area is 287 Å². The first-order valence-corrected chi connectivity index (χ1v) is 16.7. The van der Waals surface area contributed by atoms with Crippen molar-refractivity contribution in [2.24, 2.45) is 0 Å². The van der Waals surface area contributed by atoms with Gasteiger partial charge < -0.3 is 24.6 Å². The third-order valence-electron chi connectivity index (χ3n) is 9.30. The first-order valence-electron chi connectivity index (χ1n) is 15.5. The van der Waals surface area contributed by atoms with Gasteiger partial charge in [-0.2, -0.15) is 15.2 Å². The molecule has 16 heteroatoms. The van der Waals surface area contributed by atoms with Crippen molar-refractivity contribution in [3.05, 3.63) is 52.3 Å². The molecule has 3 aliphatic heterocycles. The van der Waals surface area contributed by atoms with E-state index in [2.05, 4.69) is 20.2 Å². The molecule has 3 aliphatic rings. The highest BCUT2D eigenvalue weighted by molar-refractivity contribution is 7.23. The highest BCUT2D eigenvalue weighted by atomic mass is 35.5. The number of benzene rings is 2. The SMILES string of the molecule is C[C@@]1(O)COCCN(c2nc(OCC34CCCN3C/C(=C\F)C4)nc3c(F)c(-c4ccc(F)c5sc(NC(=O)O)c(C#N)c45)c(Cl)cc23)C1. The molecule has 256 valence electrons. The molecule has 0 spiro atoms. The minimum Gasteiger partial charge on any atom is -0.465 e. The maximum Gasteiger partial charge on any atom is 0.409 e. The monoisotopic (exact) mass is 714 g/mol. The van der Waals surface area contributed by atoms with Crippen LogP contribution in [0.1, 0.15) is 31.7 Å². The van der Waals surface area contributed by atoms with E-state index in [1.165, 1.54) is 12.1 Å². The van der Waals surface area contributed by atoms with Crippen LogP contribution in [0.5, 0.6) is 6.01 Å². The van der Waals surface area contributed by atoms with Crippen molar-refractivity contribution in [3.8, 4) is 23.2 Å². The molecule has 7 rings (SSSR count). The molecule has 3 saturated heterocycles. The van der Waals surface area contributed by atoms with Gasteiger partial charge in [-0.25, -0.2) is 18.0 Å². The molecule has 11 nitrogen and oxygen atoms in total. The van der Waals surface area contributed by atoms with Crippen LogP contribution >= 0.6 is 22.9 Å². The Bertz CT molecular complexity index is 2090. The summed E-state index contributed by atoms with van der Waals surface area (Å²) in [4.78, 5) is 24.5. The second-order valence-electron chi connectivity index (χ2n) is 12.9. The minimum atomic E-state index is -1.45. The van der Waals surface area contributed by atoms with Crippen LogP contribution in [0.15, 0.2) is 30.1 Å². The van der Waals surface area contributed by atoms with Crippen LogP contribution in [0.2, 0.25) is 5.02 Å². The van der Waals surface area contributed by atoms with Crippen LogP contribution in [-0.2, 0) is 4.74 Å². The number of ether oxygens (including phenoxy) is 2. The molecule has 1 unspecified atom stereocenters. The number of fused-ring (bicyclic) bond motifs is 3. The highest BCUT2D eigenvalue weighted by Gasteiger charge is 2.47. The van der Waals surface area contributed by atoms with Gasteiger partial charge in [0, 0.05) is 29.4 Å². The van der Waals surface area contributed by atoms with Crippen molar-refractivity contribution >= 4 is 60.8 Å². The van der Waals surface area contributed by atoms with E-state index < -0.39 is 28.9 Å². The van der Waals surface area contributed by atoms with Crippen LogP contribution in [0.25, 0.3) is 32.1 Å². The second kappa shape index (κ2) is 12.6. The summed E-state index contributed by atoms with van der Waals surface area (Å²) in [5.74, 6) is -1.40. The molecule has 0 saturated carbocycles. The van der Waals surface area contributed by atoms with Crippen molar-refractivity contribution < 1.29 is 37.7 Å². The number of anilines is 2. The summed E-state index contributed by atoms with van der Waals surface area (Å²) in [5.41, 5.74) is -1.58. The minimum absolute atomic E-state index is 0.0127. The van der Waals surface area contributed by atoms with Crippen LogP contribution in [-0.4, -0.2) is 88.3 Å². The lowest BCUT2D eigenvalue weighted by molar-refractivity contribution is -0.0123. The number of thiophene rings is 1. The average Bonchev–Trinajstić information content (AvgIpc) is 3.68. The van der Waals surface area contributed by atoms with E-state index in [4.69, 9.17) is 21.1 Å². The number of nitrogens with one attached hydrogen (secondary N) is 1. The van der Waals surface area contributed by atoms with Gasteiger partial charge in [-0.05, 0) is 56.0 Å². The Morgan fingerprint density at radius 1 is 1.33 bits per heavy atom. The lowest BCUT2D eigenvalue weighted by Gasteiger charge is -2.31. The summed E-state index contributed by atoms with van der Waals surface area (Å²) in [7, 11) is 0. The van der Waals surface area contributed by atoms with Crippen LogP contribution in [0.3, 0.4) is 0 Å². The molecular formula is C33H30ClF3N6O5S. The molecule has 0 aliphatic carbocycles. The first-order chi connectivity index (χ1) is 23.4. The fraction of sp³-hybridized carbons (Fsp3) is 0.394. The zero-order valence-electron chi connectivity index (χ0n) is 26.2. The number of halogens is 4. The van der Waals surface area contributed by atoms with E-state index in [1.54, 1.807) is 11.8 Å². The zero-order chi connectivity index (χ0) is 34.7. The van der Waals surface area contributed by atoms with Crippen molar-refractivity contribution in [1.82, 2.24) is 14.9 Å². The predicted molar refractivity (Wildman–Crippen MR) is 178 cm³/mol. The standard InChI is InChI=1S/C33H30ClF3N6O5S/c1-32(46)14-42(7-8-47-15-32)28-19-9-21(34)24(18-3-4-22(36)27-23(18)20(12-38)29(49-27)41-31(44)45)25(37)26(19)39-30(40-28)48-16-33-5-2-6-43(33)13-17(10-33)11-35/h3-4,9,11,41,46H,2,5-8,10,13-16H2,1H3,(H,44,45)/b17-11-/t32-,33?/m0/s1. The second-order valence-corrected chi connectivity index (χ2v) is 14.3. The van der Waals surface area contributed by atoms with Crippen molar-refractivity contribution in [2.45, 2.75) is 37.3 Å². The zero-order valence-corrected chi connectivity index (χ0v) is 27.7. The lowest BCUT2D eigenvalue weighted by Crippen LogP contribution is -2.44. The molecule has 0 bridgehead atoms. The van der Waals surface area contributed by atoms with Gasteiger partial charge in [-0.3, -0.25) is 10.2 Å². The van der Waals surface area contributed by atoms with Gasteiger partial charge >= 0.3 is 12.1 Å². The third kappa shape index (κ3) is 5.91. The fourth-order valence-corrected chi connectivity index (χ4v) is 8.58. The highest BCUT2D eigenvalue weighted by Crippen LogP contribution is 2.47. The summed E-state index contributed by atoms with van der Waals surface area (Å²) in [6.07, 6.45) is 1.34. The molecule has 4 aromatic rings. The number of carbonyl (C=O) groups is 1. The molecule has 0 radical (unpaired) electrons. The number of nitriles is 1. The summed E-state index contributed by atoms with van der Waals surface area (Å²) < 4.78 is 57.4. The van der Waals surface area contributed by atoms with E-state index in [0.717, 1.165) is 25.5 Å². The summed E-state index contributed by atoms with van der Waals surface area (Å²) in [6.45, 7) is 3.71. The number of β-amino-alcohol motifs (C(OH)–C–C–N with tert-alkyl or cyclic N) is 1. The van der Waals surface area contributed by atoms with E-state index in [0.29, 0.717) is 42.8 Å². The largest absolute Gasteiger partial charge is 0.465 e. The lowest BCUT2D eigenvalue weighted by atomic mass is 9.94. The number of rotatable bonds is 6. The summed E-state index contributed by atoms with van der Waals surface area (Å²) in [5, 5.41) is 32.4. The van der Waals surface area contributed by atoms with Crippen molar-refractivity contribution in [2.75, 3.05) is 56.2 Å². The molecule has 2 atom stereocenters. The molecule has 2 aromatic heterocycles. The Kier molecular flexibility index (Phi) is 8.56. The van der Waals surface area contributed by atoms with Gasteiger partial charge in [0.25, 0.3) is 0 Å². The van der Waals surface area contributed by atoms with E-state index in [-0.39, 0.29) is 85.9 Å². The number of nitrogens with zero attached hydrogens (tertiary/aromatic N) is 5. The Hall–Kier alpha value is -4.20. The van der Waals surface area contributed by atoms with Crippen LogP contribution in [0, 0.1) is 23.0 Å². The fourth-order valence-electron chi connectivity index (χ4n) is 7.22. The quantitative estimate of drug-likeness (QED) is 0.204. The van der Waals surface area contributed by atoms with Crippen LogP contribution < -0.4 is 15.0 Å². The molecule has 1 amide bonds. The number of carboxylic acid groups (broad SMARTS) is 1. The van der Waals surface area contributed by atoms with E-state index in [9.17, 15) is 24.7 Å². The number of amides is 1. The van der Waals surface area contributed by atoms with E-state index in [1.807, 2.05) is 6.07 Å². The number of aliphatic hydroxyl groups is 1. The molecule has 5 heterocycles. The Morgan fingerprint density at radius 2 is 2.14 bits per heavy atom. The smallest absolute Gasteiger partial charge is 0.409 e. The predicted octanol–water partition coefficient (Wildman–Crippen LogP) is 6.46. The van der Waals surface area contributed by atoms with Gasteiger partial charge in [0.15, 0.2) is 5.82 Å². The summed E-state index contributed by atoms with van der Waals surface area (Å²) in [6, 6.07) is 5.60. The molecule has 2 aromatic carbocycles. The molecule has 3 fully saturated rings. The van der Waals surface area contributed by atoms with Crippen LogP contribution in [0.4, 0.5) is 28.8 Å². The third-order valence-corrected chi connectivity index (χ3v) is 10.7.